The quantitative estimate of drug-likeness (QED) is 0.560. The fourth-order valence-corrected chi connectivity index (χ4v) is 2.12. The van der Waals surface area contributed by atoms with E-state index in [1.807, 2.05) is 19.3 Å². The van der Waals surface area contributed by atoms with Crippen molar-refractivity contribution in [3.05, 3.63) is 53.0 Å². The second-order valence-electron chi connectivity index (χ2n) is 4.37. The third kappa shape index (κ3) is 9.03. The Kier molecular flexibility index (Phi) is 15.4. The number of thioether (sulfide) groups is 1. The van der Waals surface area contributed by atoms with Crippen LogP contribution in [0, 0.1) is 0 Å². The number of hydrogen-bond donors (Lipinski definition) is 0. The summed E-state index contributed by atoms with van der Waals surface area (Å²) in [5, 5.41) is 1.88. The summed E-state index contributed by atoms with van der Waals surface area (Å²) >= 11 is 1.69. The lowest BCUT2D eigenvalue weighted by molar-refractivity contribution is 1.09. The van der Waals surface area contributed by atoms with E-state index in [-0.39, 0.29) is 0 Å². The van der Waals surface area contributed by atoms with Crippen molar-refractivity contribution in [3.8, 4) is 0 Å². The predicted octanol–water partition coefficient (Wildman–Crippen LogP) is 7.32. The second kappa shape index (κ2) is 14.5. The molecule has 1 aromatic carbocycles. The van der Waals surface area contributed by atoms with E-state index in [2.05, 4.69) is 65.5 Å². The average Bonchev–Trinajstić information content (AvgIpc) is 2.47. The number of benzene rings is 1. The van der Waals surface area contributed by atoms with Gasteiger partial charge in [0, 0.05) is 4.91 Å². The van der Waals surface area contributed by atoms with Crippen LogP contribution in [0.15, 0.2) is 41.8 Å². The minimum Gasteiger partial charge on any atom is -0.0981 e. The molecular formula is C19H32S. The van der Waals surface area contributed by atoms with Crippen LogP contribution in [0.4, 0.5) is 0 Å². The zero-order valence-corrected chi connectivity index (χ0v) is 15.2. The molecule has 0 bridgehead atoms. The molecule has 0 heterocycles. The van der Waals surface area contributed by atoms with Gasteiger partial charge in [-0.1, -0.05) is 89.2 Å². The Labute approximate surface area is 131 Å². The van der Waals surface area contributed by atoms with Crippen molar-refractivity contribution in [2.24, 2.45) is 0 Å². The van der Waals surface area contributed by atoms with Crippen LogP contribution >= 0.6 is 11.8 Å². The van der Waals surface area contributed by atoms with Crippen molar-refractivity contribution < 1.29 is 0 Å². The van der Waals surface area contributed by atoms with E-state index in [1.54, 1.807) is 11.8 Å². The Morgan fingerprint density at radius 1 is 1.05 bits per heavy atom. The van der Waals surface area contributed by atoms with Crippen LogP contribution in [0.25, 0.3) is 4.91 Å². The zero-order chi connectivity index (χ0) is 16.0. The highest BCUT2D eigenvalue weighted by molar-refractivity contribution is 8.10. The van der Waals surface area contributed by atoms with Gasteiger partial charge in [0.05, 0.1) is 0 Å². The van der Waals surface area contributed by atoms with Crippen LogP contribution in [0.3, 0.4) is 0 Å². The van der Waals surface area contributed by atoms with Gasteiger partial charge in [-0.2, -0.15) is 0 Å². The smallest absolute Gasteiger partial charge is 0.0175 e. The summed E-state index contributed by atoms with van der Waals surface area (Å²) in [5.41, 5.74) is 4.01. The number of aryl methyl sites for hydroxylation is 1. The lowest BCUT2D eigenvalue weighted by Gasteiger charge is -2.08. The minimum atomic E-state index is 1.10. The van der Waals surface area contributed by atoms with Gasteiger partial charge in [-0.25, -0.2) is 0 Å². The fraction of sp³-hybridized carbons (Fsp3) is 0.474. The van der Waals surface area contributed by atoms with E-state index >= 15 is 0 Å². The average molecular weight is 293 g/mol. The first kappa shape index (κ1) is 21.4. The van der Waals surface area contributed by atoms with Gasteiger partial charge in [0.2, 0.25) is 0 Å². The maximum Gasteiger partial charge on any atom is 0.0175 e. The van der Waals surface area contributed by atoms with Crippen molar-refractivity contribution in [1.82, 2.24) is 0 Å². The highest BCUT2D eigenvalue weighted by Crippen LogP contribution is 2.31. The first-order chi connectivity index (χ1) is 9.60. The Morgan fingerprint density at radius 2 is 1.50 bits per heavy atom. The zero-order valence-electron chi connectivity index (χ0n) is 14.4. The molecule has 20 heavy (non-hydrogen) atoms. The van der Waals surface area contributed by atoms with E-state index in [4.69, 9.17) is 0 Å². The van der Waals surface area contributed by atoms with Gasteiger partial charge >= 0.3 is 0 Å². The van der Waals surface area contributed by atoms with E-state index in [0.717, 1.165) is 6.42 Å². The molecule has 0 atom stereocenters. The van der Waals surface area contributed by atoms with Crippen molar-refractivity contribution in [1.29, 1.82) is 0 Å². The van der Waals surface area contributed by atoms with E-state index in [9.17, 15) is 0 Å². The molecule has 1 rings (SSSR count). The van der Waals surface area contributed by atoms with Crippen molar-refractivity contribution in [2.45, 2.75) is 61.3 Å². The van der Waals surface area contributed by atoms with E-state index in [0.29, 0.717) is 0 Å². The van der Waals surface area contributed by atoms with Crippen LogP contribution in [0.5, 0.6) is 0 Å². The molecular weight excluding hydrogens is 260 g/mol. The Hall–Kier alpha value is -0.950. The van der Waals surface area contributed by atoms with Crippen LogP contribution in [-0.4, -0.2) is 0 Å². The van der Waals surface area contributed by atoms with Crippen LogP contribution < -0.4 is 0 Å². The van der Waals surface area contributed by atoms with Gasteiger partial charge in [0.25, 0.3) is 0 Å². The molecule has 1 heteroatoms. The molecule has 114 valence electrons. The number of rotatable bonds is 4. The Balaban J connectivity index is 0. The van der Waals surface area contributed by atoms with Gasteiger partial charge in [0.15, 0.2) is 0 Å². The summed E-state index contributed by atoms with van der Waals surface area (Å²) < 4.78 is 0. The standard InChI is InChI=1S/C14H18S.C3H8.C2H6/c1-5-12-7-9-13(10-8-12)14(11(3)4)15-6-2;1-3-2;1-2/h6-10H,2,5H2,1,3-4H3;3H2,1-2H3;1-2H3. The highest BCUT2D eigenvalue weighted by Gasteiger charge is 2.02. The molecule has 0 spiro atoms. The lowest BCUT2D eigenvalue weighted by atomic mass is 10.1. The molecule has 0 fully saturated rings. The first-order valence-electron chi connectivity index (χ1n) is 7.64. The second-order valence-corrected chi connectivity index (χ2v) is 5.35. The first-order valence-corrected chi connectivity index (χ1v) is 8.52. The van der Waals surface area contributed by atoms with Crippen LogP contribution in [0.2, 0.25) is 0 Å². The van der Waals surface area contributed by atoms with Gasteiger partial charge in [0.1, 0.15) is 0 Å². The van der Waals surface area contributed by atoms with Crippen molar-refractivity contribution in [3.63, 3.8) is 0 Å². The molecule has 0 aliphatic rings. The summed E-state index contributed by atoms with van der Waals surface area (Å²) in [5.74, 6) is 0. The summed E-state index contributed by atoms with van der Waals surface area (Å²) in [6.45, 7) is 18.5. The van der Waals surface area contributed by atoms with E-state index in [1.165, 1.54) is 28.0 Å². The number of hydrogen-bond acceptors (Lipinski definition) is 1. The molecule has 0 unspecified atom stereocenters. The summed E-state index contributed by atoms with van der Waals surface area (Å²) in [6.07, 6.45) is 2.35. The molecule has 0 aliphatic heterocycles. The molecule has 0 radical (unpaired) electrons. The minimum absolute atomic E-state index is 1.10. The molecule has 0 saturated heterocycles. The molecule has 0 aliphatic carbocycles. The van der Waals surface area contributed by atoms with Crippen LogP contribution in [-0.2, 0) is 6.42 Å². The Bertz CT molecular complexity index is 367. The topological polar surface area (TPSA) is 0 Å². The predicted molar refractivity (Wildman–Crippen MR) is 99.2 cm³/mol. The molecule has 0 nitrogen and oxygen atoms in total. The number of allylic oxidation sites excluding steroid dienone is 1. The Morgan fingerprint density at radius 3 is 1.80 bits per heavy atom. The third-order valence-electron chi connectivity index (χ3n) is 2.28. The van der Waals surface area contributed by atoms with Crippen molar-refractivity contribution >= 4 is 16.7 Å². The van der Waals surface area contributed by atoms with Gasteiger partial charge < -0.3 is 0 Å². The van der Waals surface area contributed by atoms with Gasteiger partial charge in [-0.15, -0.1) is 0 Å². The fourth-order valence-electron chi connectivity index (χ4n) is 1.45. The third-order valence-corrected chi connectivity index (χ3v) is 3.33. The summed E-state index contributed by atoms with van der Waals surface area (Å²) in [4.78, 5) is 1.31. The van der Waals surface area contributed by atoms with Crippen LogP contribution in [0.1, 0.15) is 66.0 Å². The van der Waals surface area contributed by atoms with Gasteiger partial charge in [-0.3, -0.25) is 0 Å². The van der Waals surface area contributed by atoms with E-state index < -0.39 is 0 Å². The molecule has 1 aromatic rings. The summed E-state index contributed by atoms with van der Waals surface area (Å²) in [7, 11) is 0. The molecule has 0 aromatic heterocycles. The maximum atomic E-state index is 3.77. The van der Waals surface area contributed by atoms with Gasteiger partial charge in [-0.05, 0) is 36.8 Å². The maximum absolute atomic E-state index is 3.77. The monoisotopic (exact) mass is 292 g/mol. The summed E-state index contributed by atoms with van der Waals surface area (Å²) in [6, 6.07) is 8.78. The lowest BCUT2D eigenvalue weighted by Crippen LogP contribution is -1.84. The molecule has 0 N–H and O–H groups in total. The largest absolute Gasteiger partial charge is 0.0981 e. The molecule has 0 amide bonds. The highest BCUT2D eigenvalue weighted by atomic mass is 32.2. The molecule has 0 saturated carbocycles. The normalized spacial score (nSPS) is 8.55. The SMILES string of the molecule is C=CSC(=C(C)C)c1ccc(CC)cc1.CC.CCC. The van der Waals surface area contributed by atoms with Crippen molar-refractivity contribution in [2.75, 3.05) is 0 Å².